The van der Waals surface area contributed by atoms with E-state index in [-0.39, 0.29) is 0 Å². The van der Waals surface area contributed by atoms with Gasteiger partial charge in [-0.05, 0) is 243 Å². The lowest BCUT2D eigenvalue weighted by Gasteiger charge is -2.11. The summed E-state index contributed by atoms with van der Waals surface area (Å²) in [5.74, 6) is 0. The molecule has 103 heavy (non-hydrogen) atoms. The molecule has 0 amide bonds. The van der Waals surface area contributed by atoms with E-state index in [2.05, 4.69) is 441 Å². The second-order valence-corrected chi connectivity index (χ2v) is 28.4. The van der Waals surface area contributed by atoms with E-state index in [9.17, 15) is 0 Å². The Bertz CT molecular complexity index is 4850. The van der Waals surface area contributed by atoms with Crippen molar-refractivity contribution in [1.29, 1.82) is 0 Å². The summed E-state index contributed by atoms with van der Waals surface area (Å²) in [5.41, 5.74) is 43.6. The SMILES string of the molecule is Cc1ccc(-c2c(C)cc(C)cc2C)cc1.Cc1ccc(-c2c(C)cccc2C)cc1.Cc1ccc(-c2cc(C)cc(C)c2)cc1.Cc1ccc(-c2ccc(C)cc2)cc1.Cc1ccc(-c2ccc(C)cc2C)cc1.Cc1ccc(-c2cccc(C)c2)cc1.Cc1cccc(-c2ccccc2C)c1. The standard InChI is InChI=1S/C16H18.3C15H16.3C14H14/c1-11-5-7-15(8-6-11)16-13(3)9-12(2)10-14(16)4;1-11-4-7-14(8-5-11)15-9-6-12(2)10-13(15)3;1-11-4-6-14(7-5-11)15-9-12(2)8-13(3)10-15;1-11-7-9-14(10-8-11)15-12(2)5-4-6-13(15)3;1-11-3-7-13(8-4-11)14-9-5-12(2)6-10-14;1-11-6-5-8-13(10-11)14-9-4-3-7-12(14)2;1-11-6-8-13(9-7-11)14-5-3-4-12(2)10-14/h5-10H,1-4H3;3*4-10H,1-3H3;3*3-10H,1-2H3. The molecule has 0 heteroatoms. The third-order valence-electron chi connectivity index (χ3n) is 18.5. The molecule has 14 rings (SSSR count). The van der Waals surface area contributed by atoms with Crippen molar-refractivity contribution in [2.24, 2.45) is 0 Å². The van der Waals surface area contributed by atoms with Crippen LogP contribution in [0.2, 0.25) is 0 Å². The minimum Gasteiger partial charge on any atom is -0.0620 e. The van der Waals surface area contributed by atoms with Crippen molar-refractivity contribution in [3.8, 4) is 77.9 Å². The molecule has 0 radical (unpaired) electrons. The Morgan fingerprint density at radius 2 is 0.379 bits per heavy atom. The van der Waals surface area contributed by atoms with Crippen LogP contribution in [0.1, 0.15) is 106 Å². The number of benzene rings is 14. The average Bonchev–Trinajstić information content (AvgIpc) is 0.833. The summed E-state index contributed by atoms with van der Waals surface area (Å²) in [6.07, 6.45) is 0. The molecule has 0 aliphatic heterocycles. The first-order chi connectivity index (χ1) is 49.3. The molecule has 0 saturated heterocycles. The first-order valence-corrected chi connectivity index (χ1v) is 36.3. The lowest BCUT2D eigenvalue weighted by Crippen LogP contribution is -1.90. The molecule has 0 nitrogen and oxygen atoms in total. The van der Waals surface area contributed by atoms with Gasteiger partial charge in [0.05, 0.1) is 0 Å². The molecule has 0 atom stereocenters. The predicted molar refractivity (Wildman–Crippen MR) is 453 cm³/mol. The zero-order chi connectivity index (χ0) is 74.1. The minimum atomic E-state index is 1.29. The highest BCUT2D eigenvalue weighted by Crippen LogP contribution is 2.31. The normalized spacial score (nSPS) is 10.3. The first kappa shape index (κ1) is 77.8. The molecule has 520 valence electrons. The third-order valence-corrected chi connectivity index (χ3v) is 18.5. The van der Waals surface area contributed by atoms with E-state index < -0.39 is 0 Å². The van der Waals surface area contributed by atoms with Crippen molar-refractivity contribution >= 4 is 0 Å². The summed E-state index contributed by atoms with van der Waals surface area (Å²) in [4.78, 5) is 0. The van der Waals surface area contributed by atoms with Gasteiger partial charge in [0.15, 0.2) is 0 Å². The fourth-order valence-electron chi connectivity index (χ4n) is 12.9. The van der Waals surface area contributed by atoms with Gasteiger partial charge in [-0.15, -0.1) is 0 Å². The first-order valence-electron chi connectivity index (χ1n) is 36.3. The highest BCUT2D eigenvalue weighted by Gasteiger charge is 2.09. The molecule has 14 aromatic carbocycles. The van der Waals surface area contributed by atoms with Gasteiger partial charge in [0.25, 0.3) is 0 Å². The maximum Gasteiger partial charge on any atom is -0.0125 e. The van der Waals surface area contributed by atoms with Crippen molar-refractivity contribution in [2.75, 3.05) is 0 Å². The van der Waals surface area contributed by atoms with Gasteiger partial charge >= 0.3 is 0 Å². The van der Waals surface area contributed by atoms with Crippen LogP contribution in [0.4, 0.5) is 0 Å². The Hall–Kier alpha value is -10.9. The van der Waals surface area contributed by atoms with Gasteiger partial charge in [0.2, 0.25) is 0 Å². The van der Waals surface area contributed by atoms with Crippen molar-refractivity contribution in [3.05, 3.63) is 415 Å². The Balaban J connectivity index is 0.000000152. The van der Waals surface area contributed by atoms with Gasteiger partial charge in [-0.1, -0.05) is 382 Å². The number of rotatable bonds is 7. The quantitative estimate of drug-likeness (QED) is 0.149. The Morgan fingerprint density at radius 3 is 0.767 bits per heavy atom. The zero-order valence-corrected chi connectivity index (χ0v) is 64.9. The van der Waals surface area contributed by atoms with Crippen LogP contribution >= 0.6 is 0 Å². The van der Waals surface area contributed by atoms with Crippen LogP contribution in [0, 0.1) is 132 Å². The maximum absolute atomic E-state index is 2.25. The van der Waals surface area contributed by atoms with Gasteiger partial charge in [0.1, 0.15) is 0 Å². The Morgan fingerprint density at radius 1 is 0.117 bits per heavy atom. The number of hydrogen-bond donors (Lipinski definition) is 0. The molecule has 0 N–H and O–H groups in total. The molecule has 0 unspecified atom stereocenters. The lowest BCUT2D eigenvalue weighted by molar-refractivity contribution is 1.32. The highest BCUT2D eigenvalue weighted by molar-refractivity contribution is 5.74. The highest BCUT2D eigenvalue weighted by atomic mass is 14.1. The predicted octanol–water partition coefficient (Wildman–Crippen LogP) is 29.3. The van der Waals surface area contributed by atoms with E-state index in [0.717, 1.165) is 0 Å². The third kappa shape index (κ3) is 24.1. The fraction of sp³-hybridized carbons (Fsp3) is 0.184. The summed E-state index contributed by atoms with van der Waals surface area (Å²) in [7, 11) is 0. The van der Waals surface area contributed by atoms with Gasteiger partial charge in [-0.25, -0.2) is 0 Å². The van der Waals surface area contributed by atoms with Crippen LogP contribution < -0.4 is 0 Å². The van der Waals surface area contributed by atoms with E-state index >= 15 is 0 Å². The van der Waals surface area contributed by atoms with Crippen molar-refractivity contribution in [1.82, 2.24) is 0 Å². The largest absolute Gasteiger partial charge is 0.0620 e. The molecule has 0 heterocycles. The molecule has 14 aromatic rings. The summed E-state index contributed by atoms with van der Waals surface area (Å²) in [6, 6.07) is 111. The average molecular weight is 1350 g/mol. The summed E-state index contributed by atoms with van der Waals surface area (Å²) in [5, 5.41) is 0. The van der Waals surface area contributed by atoms with E-state index in [4.69, 9.17) is 0 Å². The molecule has 0 bridgehead atoms. The van der Waals surface area contributed by atoms with Crippen molar-refractivity contribution in [2.45, 2.75) is 132 Å². The smallest absolute Gasteiger partial charge is 0.0125 e. The van der Waals surface area contributed by atoms with Crippen LogP contribution in [-0.2, 0) is 0 Å². The molecule has 0 aromatic heterocycles. The summed E-state index contributed by atoms with van der Waals surface area (Å²) in [6.45, 7) is 40.7. The van der Waals surface area contributed by atoms with Crippen LogP contribution in [0.5, 0.6) is 0 Å². The van der Waals surface area contributed by atoms with Crippen LogP contribution in [0.15, 0.2) is 309 Å². The van der Waals surface area contributed by atoms with E-state index in [1.54, 1.807) is 0 Å². The summed E-state index contributed by atoms with van der Waals surface area (Å²) < 4.78 is 0. The molecule has 0 saturated carbocycles. The molecule has 0 spiro atoms. The second-order valence-electron chi connectivity index (χ2n) is 28.4. The van der Waals surface area contributed by atoms with Gasteiger partial charge < -0.3 is 0 Å². The van der Waals surface area contributed by atoms with Crippen molar-refractivity contribution < 1.29 is 0 Å². The monoisotopic (exact) mass is 1340 g/mol. The van der Waals surface area contributed by atoms with Gasteiger partial charge in [-0.2, -0.15) is 0 Å². The lowest BCUT2D eigenvalue weighted by atomic mass is 9.93. The molecule has 0 aliphatic carbocycles. The van der Waals surface area contributed by atoms with E-state index in [0.29, 0.717) is 0 Å². The van der Waals surface area contributed by atoms with Crippen molar-refractivity contribution in [3.63, 3.8) is 0 Å². The van der Waals surface area contributed by atoms with Gasteiger partial charge in [-0.3, -0.25) is 0 Å². The van der Waals surface area contributed by atoms with E-state index in [1.807, 2.05) is 0 Å². The van der Waals surface area contributed by atoms with Crippen LogP contribution in [0.25, 0.3) is 77.9 Å². The summed E-state index contributed by atoms with van der Waals surface area (Å²) >= 11 is 0. The molecular formula is C103H108. The second kappa shape index (κ2) is 38.2. The topological polar surface area (TPSA) is 0 Å². The Labute approximate surface area is 620 Å². The number of aryl methyl sites for hydroxylation is 19. The molecular weight excluding hydrogens is 1240 g/mol. The fourth-order valence-corrected chi connectivity index (χ4v) is 12.9. The van der Waals surface area contributed by atoms with Crippen LogP contribution in [0.3, 0.4) is 0 Å². The number of hydrogen-bond acceptors (Lipinski definition) is 0. The molecule has 0 aliphatic rings. The zero-order valence-electron chi connectivity index (χ0n) is 64.9. The minimum absolute atomic E-state index is 1.29. The van der Waals surface area contributed by atoms with Crippen LogP contribution in [-0.4, -0.2) is 0 Å². The maximum atomic E-state index is 2.25. The Kier molecular flexibility index (Phi) is 28.9. The molecule has 0 fully saturated rings. The van der Waals surface area contributed by atoms with Gasteiger partial charge in [0, 0.05) is 0 Å². The van der Waals surface area contributed by atoms with E-state index in [1.165, 1.54) is 184 Å².